The van der Waals surface area contributed by atoms with E-state index < -0.39 is 11.6 Å². The van der Waals surface area contributed by atoms with Crippen LogP contribution in [0, 0.1) is 17.6 Å². The third-order valence-corrected chi connectivity index (χ3v) is 3.97. The van der Waals surface area contributed by atoms with Gasteiger partial charge in [-0.05, 0) is 30.9 Å². The summed E-state index contributed by atoms with van der Waals surface area (Å²) >= 11 is 3.50. The van der Waals surface area contributed by atoms with E-state index in [1.54, 1.807) is 0 Å². The van der Waals surface area contributed by atoms with Crippen LogP contribution in [0.1, 0.15) is 25.8 Å². The molecule has 0 aliphatic carbocycles. The Labute approximate surface area is 97.8 Å². The molecule has 0 aromatic heterocycles. The number of rotatable bonds is 4. The van der Waals surface area contributed by atoms with E-state index in [-0.39, 0.29) is 5.56 Å². The van der Waals surface area contributed by atoms with Crippen LogP contribution in [0.25, 0.3) is 0 Å². The number of halogens is 3. The van der Waals surface area contributed by atoms with Crippen LogP contribution in [-0.4, -0.2) is 4.83 Å². The van der Waals surface area contributed by atoms with E-state index in [0.717, 1.165) is 6.42 Å². The topological polar surface area (TPSA) is 0 Å². The maximum atomic E-state index is 13.2. The Balaban J connectivity index is 2.65. The molecule has 84 valence electrons. The molecule has 3 heteroatoms. The molecule has 15 heavy (non-hydrogen) atoms. The average Bonchev–Trinajstić information content (AvgIpc) is 2.16. The molecule has 0 amide bonds. The van der Waals surface area contributed by atoms with E-state index in [0.29, 0.717) is 17.2 Å². The molecule has 1 aromatic carbocycles. The Morgan fingerprint density at radius 1 is 1.20 bits per heavy atom. The van der Waals surface area contributed by atoms with Crippen LogP contribution in [0.4, 0.5) is 8.78 Å². The van der Waals surface area contributed by atoms with Crippen LogP contribution in [0.15, 0.2) is 18.2 Å². The standard InChI is InChI=1S/C12H15BrF2/c1-8(2)10(13)7-6-9-11(14)4-3-5-12(9)15/h3-5,8,10H,6-7H2,1-2H3. The molecular weight excluding hydrogens is 262 g/mol. The van der Waals surface area contributed by atoms with Gasteiger partial charge in [0.1, 0.15) is 11.6 Å². The van der Waals surface area contributed by atoms with Crippen molar-refractivity contribution < 1.29 is 8.78 Å². The minimum Gasteiger partial charge on any atom is -0.207 e. The van der Waals surface area contributed by atoms with Crippen LogP contribution in [0.2, 0.25) is 0 Å². The van der Waals surface area contributed by atoms with Gasteiger partial charge in [0, 0.05) is 10.4 Å². The summed E-state index contributed by atoms with van der Waals surface area (Å²) in [6, 6.07) is 4.00. The van der Waals surface area contributed by atoms with Gasteiger partial charge in [-0.2, -0.15) is 0 Å². The highest BCUT2D eigenvalue weighted by Gasteiger charge is 2.13. The van der Waals surface area contributed by atoms with Crippen LogP contribution in [0.5, 0.6) is 0 Å². The van der Waals surface area contributed by atoms with Gasteiger partial charge in [0.2, 0.25) is 0 Å². The van der Waals surface area contributed by atoms with E-state index in [1.165, 1.54) is 18.2 Å². The second kappa shape index (κ2) is 5.59. The van der Waals surface area contributed by atoms with Crippen molar-refractivity contribution in [3.05, 3.63) is 35.4 Å². The van der Waals surface area contributed by atoms with E-state index >= 15 is 0 Å². The first kappa shape index (κ1) is 12.6. The predicted octanol–water partition coefficient (Wildman–Crippen LogP) is 4.32. The molecule has 1 aromatic rings. The minimum atomic E-state index is -0.446. The smallest absolute Gasteiger partial charge is 0.129 e. The van der Waals surface area contributed by atoms with Gasteiger partial charge in [-0.3, -0.25) is 0 Å². The van der Waals surface area contributed by atoms with Crippen molar-refractivity contribution >= 4 is 15.9 Å². The van der Waals surface area contributed by atoms with Crippen molar-refractivity contribution in [3.63, 3.8) is 0 Å². The second-order valence-corrected chi connectivity index (χ2v) is 5.18. The molecule has 1 unspecified atom stereocenters. The van der Waals surface area contributed by atoms with Crippen LogP contribution < -0.4 is 0 Å². The van der Waals surface area contributed by atoms with E-state index in [2.05, 4.69) is 29.8 Å². The summed E-state index contributed by atoms with van der Waals surface area (Å²) in [5, 5.41) is 0. The lowest BCUT2D eigenvalue weighted by Crippen LogP contribution is -2.09. The molecule has 0 fully saturated rings. The molecule has 0 spiro atoms. The van der Waals surface area contributed by atoms with Crippen molar-refractivity contribution in [2.45, 2.75) is 31.5 Å². The molecule has 0 aliphatic heterocycles. The minimum absolute atomic E-state index is 0.197. The van der Waals surface area contributed by atoms with Crippen LogP contribution in [-0.2, 0) is 6.42 Å². The van der Waals surface area contributed by atoms with Crippen molar-refractivity contribution in [1.82, 2.24) is 0 Å². The highest BCUT2D eigenvalue weighted by molar-refractivity contribution is 9.09. The summed E-state index contributed by atoms with van der Waals surface area (Å²) < 4.78 is 26.5. The molecule has 1 atom stereocenters. The largest absolute Gasteiger partial charge is 0.207 e. The molecule has 1 rings (SSSR count). The Bertz CT molecular complexity index is 303. The van der Waals surface area contributed by atoms with E-state index in [1.807, 2.05) is 0 Å². The first-order chi connectivity index (χ1) is 7.02. The quantitative estimate of drug-likeness (QED) is 0.719. The average molecular weight is 277 g/mol. The zero-order valence-electron chi connectivity index (χ0n) is 8.93. The first-order valence-electron chi connectivity index (χ1n) is 5.09. The summed E-state index contributed by atoms with van der Waals surface area (Å²) in [5.41, 5.74) is 0.197. The number of hydrogen-bond donors (Lipinski definition) is 0. The molecule has 0 bridgehead atoms. The Kier molecular flexibility index (Phi) is 4.71. The molecule has 0 saturated carbocycles. The summed E-state index contributed by atoms with van der Waals surface area (Å²) in [5.74, 6) is -0.420. The summed E-state index contributed by atoms with van der Waals surface area (Å²) in [6.45, 7) is 4.16. The fraction of sp³-hybridized carbons (Fsp3) is 0.500. The summed E-state index contributed by atoms with van der Waals surface area (Å²) in [6.07, 6.45) is 1.18. The molecule has 0 nitrogen and oxygen atoms in total. The molecular formula is C12H15BrF2. The molecule has 0 heterocycles. The third kappa shape index (κ3) is 3.56. The first-order valence-corrected chi connectivity index (χ1v) is 6.01. The zero-order chi connectivity index (χ0) is 11.4. The lowest BCUT2D eigenvalue weighted by Gasteiger charge is -2.13. The normalized spacial score (nSPS) is 13.2. The fourth-order valence-electron chi connectivity index (χ4n) is 1.39. The Morgan fingerprint density at radius 3 is 2.20 bits per heavy atom. The summed E-state index contributed by atoms with van der Waals surface area (Å²) in [7, 11) is 0. The van der Waals surface area contributed by atoms with Gasteiger partial charge in [0.15, 0.2) is 0 Å². The van der Waals surface area contributed by atoms with Gasteiger partial charge < -0.3 is 0 Å². The molecule has 0 radical (unpaired) electrons. The molecule has 0 saturated heterocycles. The Morgan fingerprint density at radius 2 is 1.73 bits per heavy atom. The van der Waals surface area contributed by atoms with E-state index in [9.17, 15) is 8.78 Å². The van der Waals surface area contributed by atoms with Gasteiger partial charge in [-0.15, -0.1) is 0 Å². The lowest BCUT2D eigenvalue weighted by molar-refractivity contribution is 0.530. The van der Waals surface area contributed by atoms with Crippen molar-refractivity contribution in [3.8, 4) is 0 Å². The number of alkyl halides is 1. The fourth-order valence-corrected chi connectivity index (χ4v) is 1.62. The van der Waals surface area contributed by atoms with Gasteiger partial charge in [0.05, 0.1) is 0 Å². The number of benzene rings is 1. The monoisotopic (exact) mass is 276 g/mol. The van der Waals surface area contributed by atoms with Gasteiger partial charge in [-0.1, -0.05) is 35.8 Å². The molecule has 0 N–H and O–H groups in total. The zero-order valence-corrected chi connectivity index (χ0v) is 10.5. The van der Waals surface area contributed by atoms with Crippen molar-refractivity contribution in [2.24, 2.45) is 5.92 Å². The highest BCUT2D eigenvalue weighted by Crippen LogP contribution is 2.21. The van der Waals surface area contributed by atoms with E-state index in [4.69, 9.17) is 0 Å². The maximum Gasteiger partial charge on any atom is 0.129 e. The summed E-state index contributed by atoms with van der Waals surface area (Å²) in [4.78, 5) is 0.302. The SMILES string of the molecule is CC(C)C(Br)CCc1c(F)cccc1F. The lowest BCUT2D eigenvalue weighted by atomic mass is 10.0. The van der Waals surface area contributed by atoms with Gasteiger partial charge in [0.25, 0.3) is 0 Å². The molecule has 0 aliphatic rings. The Hall–Kier alpha value is -0.440. The van der Waals surface area contributed by atoms with Gasteiger partial charge >= 0.3 is 0 Å². The van der Waals surface area contributed by atoms with Gasteiger partial charge in [-0.25, -0.2) is 8.78 Å². The number of hydrogen-bond acceptors (Lipinski definition) is 0. The maximum absolute atomic E-state index is 13.2. The van der Waals surface area contributed by atoms with Crippen molar-refractivity contribution in [1.29, 1.82) is 0 Å². The van der Waals surface area contributed by atoms with Crippen LogP contribution in [0.3, 0.4) is 0 Å². The highest BCUT2D eigenvalue weighted by atomic mass is 79.9. The second-order valence-electron chi connectivity index (χ2n) is 4.00. The third-order valence-electron chi connectivity index (χ3n) is 2.46. The van der Waals surface area contributed by atoms with Crippen LogP contribution >= 0.6 is 15.9 Å². The van der Waals surface area contributed by atoms with Crippen molar-refractivity contribution in [2.75, 3.05) is 0 Å². The predicted molar refractivity (Wildman–Crippen MR) is 62.2 cm³/mol.